The summed E-state index contributed by atoms with van der Waals surface area (Å²) in [6.45, 7) is 10.6. The SMILES string of the molecule is CC1CCN(C(=O)CCC(CCN)C(C)(C)C)CC1O. The molecule has 0 aromatic rings. The number of hydrogen-bond donors (Lipinski definition) is 2. The van der Waals surface area contributed by atoms with E-state index in [4.69, 9.17) is 5.73 Å². The Labute approximate surface area is 123 Å². The molecule has 0 radical (unpaired) electrons. The van der Waals surface area contributed by atoms with Crippen LogP contribution in [0.15, 0.2) is 0 Å². The minimum absolute atomic E-state index is 0.183. The fourth-order valence-electron chi connectivity index (χ4n) is 2.94. The van der Waals surface area contributed by atoms with Gasteiger partial charge in [-0.1, -0.05) is 27.7 Å². The third-order valence-corrected chi connectivity index (χ3v) is 4.72. The van der Waals surface area contributed by atoms with Gasteiger partial charge in [-0.2, -0.15) is 0 Å². The lowest BCUT2D eigenvalue weighted by molar-refractivity contribution is -0.135. The van der Waals surface area contributed by atoms with E-state index in [9.17, 15) is 9.90 Å². The van der Waals surface area contributed by atoms with Crippen molar-refractivity contribution in [3.8, 4) is 0 Å². The van der Waals surface area contributed by atoms with Gasteiger partial charge < -0.3 is 15.7 Å². The normalized spacial score (nSPS) is 25.6. The van der Waals surface area contributed by atoms with Crippen LogP contribution in [0.3, 0.4) is 0 Å². The molecule has 3 atom stereocenters. The van der Waals surface area contributed by atoms with Gasteiger partial charge in [0.05, 0.1) is 6.10 Å². The molecule has 1 aliphatic rings. The molecule has 0 aromatic heterocycles. The lowest BCUT2D eigenvalue weighted by Crippen LogP contribution is -2.46. The smallest absolute Gasteiger partial charge is 0.222 e. The molecule has 3 N–H and O–H groups in total. The van der Waals surface area contributed by atoms with Gasteiger partial charge >= 0.3 is 0 Å². The maximum absolute atomic E-state index is 12.3. The van der Waals surface area contributed by atoms with Crippen molar-refractivity contribution in [2.75, 3.05) is 19.6 Å². The molecule has 4 nitrogen and oxygen atoms in total. The maximum atomic E-state index is 12.3. The van der Waals surface area contributed by atoms with Crippen LogP contribution in [0.5, 0.6) is 0 Å². The van der Waals surface area contributed by atoms with Crippen LogP contribution in [0.4, 0.5) is 0 Å². The number of amides is 1. The quantitative estimate of drug-likeness (QED) is 0.811. The van der Waals surface area contributed by atoms with E-state index in [1.807, 2.05) is 11.8 Å². The minimum Gasteiger partial charge on any atom is -0.391 e. The van der Waals surface area contributed by atoms with Gasteiger partial charge in [0.2, 0.25) is 5.91 Å². The van der Waals surface area contributed by atoms with Crippen molar-refractivity contribution in [2.45, 2.75) is 59.5 Å². The van der Waals surface area contributed by atoms with Crippen LogP contribution in [0.2, 0.25) is 0 Å². The van der Waals surface area contributed by atoms with Crippen molar-refractivity contribution in [3.05, 3.63) is 0 Å². The highest BCUT2D eigenvalue weighted by Gasteiger charge is 2.29. The van der Waals surface area contributed by atoms with Crippen LogP contribution in [0.25, 0.3) is 0 Å². The van der Waals surface area contributed by atoms with Gasteiger partial charge in [-0.25, -0.2) is 0 Å². The Balaban J connectivity index is 2.45. The number of nitrogens with two attached hydrogens (primary N) is 1. The summed E-state index contributed by atoms with van der Waals surface area (Å²) in [6, 6.07) is 0. The van der Waals surface area contributed by atoms with Crippen molar-refractivity contribution in [1.29, 1.82) is 0 Å². The highest BCUT2D eigenvalue weighted by molar-refractivity contribution is 5.76. The first-order chi connectivity index (χ1) is 9.25. The molecule has 1 rings (SSSR count). The Hall–Kier alpha value is -0.610. The van der Waals surface area contributed by atoms with Gasteiger partial charge in [-0.15, -0.1) is 0 Å². The van der Waals surface area contributed by atoms with E-state index in [0.717, 1.165) is 25.8 Å². The Morgan fingerprint density at radius 2 is 2.05 bits per heavy atom. The molecular formula is C16H32N2O2. The molecule has 1 amide bonds. The van der Waals surface area contributed by atoms with E-state index < -0.39 is 0 Å². The molecule has 1 aliphatic heterocycles. The van der Waals surface area contributed by atoms with Gasteiger partial charge in [-0.3, -0.25) is 4.79 Å². The molecule has 0 aromatic carbocycles. The molecular weight excluding hydrogens is 252 g/mol. The molecule has 20 heavy (non-hydrogen) atoms. The number of rotatable bonds is 5. The summed E-state index contributed by atoms with van der Waals surface area (Å²) in [5, 5.41) is 9.88. The average Bonchev–Trinajstić information content (AvgIpc) is 2.36. The Bertz CT molecular complexity index is 312. The number of carbonyl (C=O) groups is 1. The van der Waals surface area contributed by atoms with Crippen molar-refractivity contribution in [1.82, 2.24) is 4.90 Å². The minimum atomic E-state index is -0.366. The number of carbonyl (C=O) groups excluding carboxylic acids is 1. The standard InChI is InChI=1S/C16H32N2O2/c1-12-8-10-18(11-14(12)19)15(20)6-5-13(7-9-17)16(2,3)4/h12-14,19H,5-11,17H2,1-4H3. The van der Waals surface area contributed by atoms with Crippen molar-refractivity contribution >= 4 is 5.91 Å². The Kier molecular flexibility index (Phi) is 6.46. The van der Waals surface area contributed by atoms with Crippen LogP contribution >= 0.6 is 0 Å². The average molecular weight is 284 g/mol. The number of aliphatic hydroxyl groups excluding tert-OH is 1. The lowest BCUT2D eigenvalue weighted by atomic mass is 9.76. The molecule has 1 fully saturated rings. The zero-order valence-corrected chi connectivity index (χ0v) is 13.6. The zero-order valence-electron chi connectivity index (χ0n) is 13.6. The van der Waals surface area contributed by atoms with Crippen LogP contribution in [0, 0.1) is 17.3 Å². The summed E-state index contributed by atoms with van der Waals surface area (Å²) >= 11 is 0. The highest BCUT2D eigenvalue weighted by Crippen LogP contribution is 2.32. The number of nitrogens with zero attached hydrogens (tertiary/aromatic N) is 1. The predicted molar refractivity (Wildman–Crippen MR) is 82.2 cm³/mol. The summed E-state index contributed by atoms with van der Waals surface area (Å²) in [6.07, 6.45) is 2.97. The van der Waals surface area contributed by atoms with Crippen LogP contribution in [0.1, 0.15) is 53.4 Å². The largest absolute Gasteiger partial charge is 0.391 e. The van der Waals surface area contributed by atoms with Gasteiger partial charge in [0.15, 0.2) is 0 Å². The lowest BCUT2D eigenvalue weighted by Gasteiger charge is -2.35. The predicted octanol–water partition coefficient (Wildman–Crippen LogP) is 2.01. The highest BCUT2D eigenvalue weighted by atomic mass is 16.3. The summed E-state index contributed by atoms with van der Waals surface area (Å²) < 4.78 is 0. The second-order valence-electron chi connectivity index (χ2n) is 7.35. The fraction of sp³-hybridized carbons (Fsp3) is 0.938. The van der Waals surface area contributed by atoms with Crippen LogP contribution < -0.4 is 5.73 Å². The Morgan fingerprint density at radius 1 is 1.40 bits per heavy atom. The maximum Gasteiger partial charge on any atom is 0.222 e. The number of hydrogen-bond acceptors (Lipinski definition) is 3. The summed E-state index contributed by atoms with van der Waals surface area (Å²) in [4.78, 5) is 14.1. The van der Waals surface area contributed by atoms with Crippen molar-refractivity contribution in [2.24, 2.45) is 23.0 Å². The van der Waals surface area contributed by atoms with Crippen molar-refractivity contribution in [3.63, 3.8) is 0 Å². The monoisotopic (exact) mass is 284 g/mol. The fourth-order valence-corrected chi connectivity index (χ4v) is 2.94. The first-order valence-electron chi connectivity index (χ1n) is 7.91. The van der Waals surface area contributed by atoms with E-state index in [1.165, 1.54) is 0 Å². The van der Waals surface area contributed by atoms with Crippen molar-refractivity contribution < 1.29 is 9.90 Å². The number of likely N-dealkylation sites (tertiary alicyclic amines) is 1. The van der Waals surface area contributed by atoms with E-state index in [0.29, 0.717) is 31.3 Å². The molecule has 118 valence electrons. The number of aliphatic hydroxyl groups is 1. The number of β-amino-alcohol motifs (C(OH)–C–C–N with tert-alkyl or cyclic N) is 1. The molecule has 0 spiro atoms. The van der Waals surface area contributed by atoms with E-state index >= 15 is 0 Å². The molecule has 1 heterocycles. The van der Waals surface area contributed by atoms with Crippen LogP contribution in [-0.2, 0) is 4.79 Å². The van der Waals surface area contributed by atoms with Crippen LogP contribution in [-0.4, -0.2) is 41.7 Å². The van der Waals surface area contributed by atoms with E-state index in [1.54, 1.807) is 0 Å². The van der Waals surface area contributed by atoms with Gasteiger partial charge in [0.1, 0.15) is 0 Å². The molecule has 0 aliphatic carbocycles. The second kappa shape index (κ2) is 7.41. The second-order valence-corrected chi connectivity index (χ2v) is 7.35. The Morgan fingerprint density at radius 3 is 2.55 bits per heavy atom. The summed E-state index contributed by atoms with van der Waals surface area (Å²) in [5.74, 6) is 0.964. The van der Waals surface area contributed by atoms with E-state index in [2.05, 4.69) is 20.8 Å². The van der Waals surface area contributed by atoms with E-state index in [-0.39, 0.29) is 17.4 Å². The first-order valence-corrected chi connectivity index (χ1v) is 7.91. The first kappa shape index (κ1) is 17.4. The third-order valence-electron chi connectivity index (χ3n) is 4.72. The molecule has 3 unspecified atom stereocenters. The molecule has 1 saturated heterocycles. The zero-order chi connectivity index (χ0) is 15.3. The third kappa shape index (κ3) is 5.06. The van der Waals surface area contributed by atoms with Gasteiger partial charge in [-0.05, 0) is 43.1 Å². The summed E-state index contributed by atoms with van der Waals surface area (Å²) in [5.41, 5.74) is 5.87. The van der Waals surface area contributed by atoms with Gasteiger partial charge in [0.25, 0.3) is 0 Å². The molecule has 4 heteroatoms. The number of piperidine rings is 1. The topological polar surface area (TPSA) is 66.6 Å². The molecule has 0 bridgehead atoms. The summed E-state index contributed by atoms with van der Waals surface area (Å²) in [7, 11) is 0. The molecule has 0 saturated carbocycles. The van der Waals surface area contributed by atoms with Gasteiger partial charge in [0, 0.05) is 19.5 Å².